The van der Waals surface area contributed by atoms with Gasteiger partial charge in [-0.1, -0.05) is 18.2 Å². The number of guanidine groups is 1. The van der Waals surface area contributed by atoms with Crippen LogP contribution in [0.3, 0.4) is 0 Å². The molecule has 1 atom stereocenters. The van der Waals surface area contributed by atoms with Crippen LogP contribution in [0.15, 0.2) is 47.5 Å². The Morgan fingerprint density at radius 2 is 2.19 bits per heavy atom. The fraction of sp³-hybridized carbons (Fsp3) is 0.278. The Morgan fingerprint density at radius 1 is 1.41 bits per heavy atom. The fourth-order valence-electron chi connectivity index (χ4n) is 2.89. The first-order chi connectivity index (χ1) is 12.6. The third kappa shape index (κ3) is 5.00. The molecular weight excluding hydrogens is 463 g/mol. The molecule has 1 aliphatic rings. The maximum atomic E-state index is 11.0. The lowest BCUT2D eigenvalue weighted by molar-refractivity contribution is -0.384. The first-order valence-corrected chi connectivity index (χ1v) is 8.18. The minimum absolute atomic E-state index is 0. The van der Waals surface area contributed by atoms with E-state index in [0.717, 1.165) is 17.7 Å². The van der Waals surface area contributed by atoms with Crippen molar-refractivity contribution in [2.24, 2.45) is 10.7 Å². The Morgan fingerprint density at radius 3 is 2.93 bits per heavy atom. The van der Waals surface area contributed by atoms with Crippen molar-refractivity contribution in [1.29, 1.82) is 0 Å². The highest BCUT2D eigenvalue weighted by Gasteiger charge is 2.21. The molecule has 0 amide bonds. The van der Waals surface area contributed by atoms with E-state index in [1.165, 1.54) is 19.2 Å². The van der Waals surface area contributed by atoms with Gasteiger partial charge in [0.1, 0.15) is 11.5 Å². The molecule has 8 nitrogen and oxygen atoms in total. The Labute approximate surface area is 173 Å². The summed E-state index contributed by atoms with van der Waals surface area (Å²) in [5.41, 5.74) is 7.64. The molecule has 1 unspecified atom stereocenters. The monoisotopic (exact) mass is 484 g/mol. The van der Waals surface area contributed by atoms with E-state index >= 15 is 0 Å². The normalized spacial score (nSPS) is 15.7. The van der Waals surface area contributed by atoms with E-state index in [0.29, 0.717) is 17.9 Å². The molecule has 144 valence electrons. The Balaban J connectivity index is 0.00000261. The van der Waals surface area contributed by atoms with E-state index < -0.39 is 4.92 Å². The number of hydrogen-bond acceptors (Lipinski definition) is 5. The molecule has 0 radical (unpaired) electrons. The molecule has 0 aromatic heterocycles. The molecule has 2 aromatic carbocycles. The van der Waals surface area contributed by atoms with Crippen LogP contribution < -0.4 is 20.5 Å². The Hall–Kier alpha value is -2.56. The zero-order valence-electron chi connectivity index (χ0n) is 14.8. The lowest BCUT2D eigenvalue weighted by Gasteiger charge is -2.26. The highest BCUT2D eigenvalue weighted by molar-refractivity contribution is 14.0. The Kier molecular flexibility index (Phi) is 7.22. The molecule has 2 aromatic rings. The highest BCUT2D eigenvalue weighted by Crippen LogP contribution is 2.31. The van der Waals surface area contributed by atoms with Crippen molar-refractivity contribution >= 4 is 35.6 Å². The van der Waals surface area contributed by atoms with Gasteiger partial charge < -0.3 is 20.5 Å². The maximum absolute atomic E-state index is 11.0. The summed E-state index contributed by atoms with van der Waals surface area (Å²) in [4.78, 5) is 14.8. The third-order valence-electron chi connectivity index (χ3n) is 4.18. The molecule has 3 rings (SSSR count). The van der Waals surface area contributed by atoms with Crippen LogP contribution in [-0.4, -0.2) is 24.6 Å². The first kappa shape index (κ1) is 20.7. The van der Waals surface area contributed by atoms with Gasteiger partial charge in [0.25, 0.3) is 5.69 Å². The zero-order valence-corrected chi connectivity index (χ0v) is 17.1. The van der Waals surface area contributed by atoms with Gasteiger partial charge in [0.05, 0.1) is 31.2 Å². The molecule has 3 N–H and O–H groups in total. The molecule has 0 aliphatic carbocycles. The Bertz CT molecular complexity index is 844. The number of fused-ring (bicyclic) bond motifs is 1. The summed E-state index contributed by atoms with van der Waals surface area (Å²) in [5, 5.41) is 14.1. The standard InChI is InChI=1S/C18H20N4O4.HI/c1-25-16-7-6-13(22(23)24)10-12(16)11-20-18(19)21-15-8-9-26-17-5-3-2-4-14(15)17;/h2-7,10,15H,8-9,11H2,1H3,(H3,19,20,21);1H. The van der Waals surface area contributed by atoms with Gasteiger partial charge in [-0.3, -0.25) is 10.1 Å². The van der Waals surface area contributed by atoms with Crippen molar-refractivity contribution in [3.63, 3.8) is 0 Å². The van der Waals surface area contributed by atoms with E-state index in [1.54, 1.807) is 6.07 Å². The molecule has 0 fully saturated rings. The number of non-ortho nitro benzene ring substituents is 1. The van der Waals surface area contributed by atoms with Crippen molar-refractivity contribution in [3.05, 3.63) is 63.7 Å². The predicted octanol–water partition coefficient (Wildman–Crippen LogP) is 3.15. The van der Waals surface area contributed by atoms with Crippen LogP contribution in [0, 0.1) is 10.1 Å². The van der Waals surface area contributed by atoms with E-state index in [1.807, 2.05) is 24.3 Å². The number of para-hydroxylation sites is 1. The molecule has 1 aliphatic heterocycles. The molecular formula is C18H21IN4O4. The number of methoxy groups -OCH3 is 1. The van der Waals surface area contributed by atoms with Gasteiger partial charge in [0.2, 0.25) is 0 Å². The average Bonchev–Trinajstić information content (AvgIpc) is 2.66. The SMILES string of the molecule is COc1ccc([N+](=O)[O-])cc1CN=C(N)NC1CCOc2ccccc21.I. The minimum Gasteiger partial charge on any atom is -0.496 e. The number of nitro groups is 1. The van der Waals surface area contributed by atoms with E-state index in [4.69, 9.17) is 15.2 Å². The van der Waals surface area contributed by atoms with Crippen LogP contribution in [0.5, 0.6) is 11.5 Å². The van der Waals surface area contributed by atoms with Crippen LogP contribution in [0.1, 0.15) is 23.6 Å². The summed E-state index contributed by atoms with van der Waals surface area (Å²) in [6, 6.07) is 12.2. The number of hydrogen-bond donors (Lipinski definition) is 2. The number of nitrogens with one attached hydrogen (secondary N) is 1. The maximum Gasteiger partial charge on any atom is 0.270 e. The fourth-order valence-corrected chi connectivity index (χ4v) is 2.89. The molecule has 27 heavy (non-hydrogen) atoms. The second-order valence-corrected chi connectivity index (χ2v) is 5.83. The second kappa shape index (κ2) is 9.40. The van der Waals surface area contributed by atoms with E-state index in [-0.39, 0.29) is 48.2 Å². The average molecular weight is 484 g/mol. The van der Waals surface area contributed by atoms with Gasteiger partial charge in [0.15, 0.2) is 5.96 Å². The number of aliphatic imine (C=N–C) groups is 1. The molecule has 0 saturated carbocycles. The van der Waals surface area contributed by atoms with Crippen LogP contribution >= 0.6 is 24.0 Å². The number of ether oxygens (including phenoxy) is 2. The van der Waals surface area contributed by atoms with Crippen molar-refractivity contribution in [3.8, 4) is 11.5 Å². The third-order valence-corrected chi connectivity index (χ3v) is 4.18. The smallest absolute Gasteiger partial charge is 0.270 e. The van der Waals surface area contributed by atoms with Gasteiger partial charge in [-0.15, -0.1) is 24.0 Å². The number of nitrogens with zero attached hydrogens (tertiary/aromatic N) is 2. The summed E-state index contributed by atoms with van der Waals surface area (Å²) in [6.07, 6.45) is 0.771. The van der Waals surface area contributed by atoms with E-state index in [2.05, 4.69) is 10.3 Å². The summed E-state index contributed by atoms with van der Waals surface area (Å²) < 4.78 is 10.9. The molecule has 0 bridgehead atoms. The van der Waals surface area contributed by atoms with E-state index in [9.17, 15) is 10.1 Å². The van der Waals surface area contributed by atoms with Gasteiger partial charge in [0, 0.05) is 29.7 Å². The number of nitrogens with two attached hydrogens (primary N) is 1. The molecule has 1 heterocycles. The number of rotatable bonds is 5. The van der Waals surface area contributed by atoms with Gasteiger partial charge in [-0.2, -0.15) is 0 Å². The van der Waals surface area contributed by atoms with Crippen molar-refractivity contribution in [2.45, 2.75) is 19.0 Å². The predicted molar refractivity (Wildman–Crippen MR) is 113 cm³/mol. The van der Waals surface area contributed by atoms with Gasteiger partial charge in [-0.25, -0.2) is 4.99 Å². The lowest BCUT2D eigenvalue weighted by Crippen LogP contribution is -2.37. The van der Waals surface area contributed by atoms with Gasteiger partial charge >= 0.3 is 0 Å². The van der Waals surface area contributed by atoms with Crippen LogP contribution in [0.2, 0.25) is 0 Å². The van der Waals surface area contributed by atoms with Crippen molar-refractivity contribution in [2.75, 3.05) is 13.7 Å². The van der Waals surface area contributed by atoms with Gasteiger partial charge in [-0.05, 0) is 12.1 Å². The first-order valence-electron chi connectivity index (χ1n) is 8.18. The van der Waals surface area contributed by atoms with Crippen LogP contribution in [-0.2, 0) is 6.54 Å². The zero-order chi connectivity index (χ0) is 18.5. The quantitative estimate of drug-likeness (QED) is 0.222. The number of halogens is 1. The summed E-state index contributed by atoms with van der Waals surface area (Å²) in [6.45, 7) is 0.773. The van der Waals surface area contributed by atoms with Crippen LogP contribution in [0.25, 0.3) is 0 Å². The largest absolute Gasteiger partial charge is 0.496 e. The summed E-state index contributed by atoms with van der Waals surface area (Å²) in [7, 11) is 1.51. The number of nitro benzene ring substituents is 1. The minimum atomic E-state index is -0.451. The van der Waals surface area contributed by atoms with Crippen LogP contribution in [0.4, 0.5) is 5.69 Å². The summed E-state index contributed by atoms with van der Waals surface area (Å²) in [5.74, 6) is 1.63. The van der Waals surface area contributed by atoms with Crippen molar-refractivity contribution < 1.29 is 14.4 Å². The topological polar surface area (TPSA) is 112 Å². The lowest BCUT2D eigenvalue weighted by atomic mass is 10.0. The number of benzene rings is 2. The second-order valence-electron chi connectivity index (χ2n) is 5.83. The molecule has 0 spiro atoms. The van der Waals surface area contributed by atoms with Crippen molar-refractivity contribution in [1.82, 2.24) is 5.32 Å². The summed E-state index contributed by atoms with van der Waals surface area (Å²) >= 11 is 0. The molecule has 9 heteroatoms. The highest BCUT2D eigenvalue weighted by atomic mass is 127. The molecule has 0 saturated heterocycles.